The lowest BCUT2D eigenvalue weighted by molar-refractivity contribution is -0.122. The van der Waals surface area contributed by atoms with Crippen LogP contribution in [0.3, 0.4) is 0 Å². The van der Waals surface area contributed by atoms with E-state index in [4.69, 9.17) is 5.73 Å². The van der Waals surface area contributed by atoms with Gasteiger partial charge in [0.2, 0.25) is 5.91 Å². The van der Waals surface area contributed by atoms with Gasteiger partial charge in [0, 0.05) is 11.9 Å². The normalized spacial score (nSPS) is 19.0. The maximum atomic E-state index is 10.5. The van der Waals surface area contributed by atoms with Crippen LogP contribution in [0, 0.1) is 5.92 Å². The Labute approximate surface area is 106 Å². The second kappa shape index (κ2) is 6.16. The molecule has 1 aromatic carbocycles. The molecule has 1 fully saturated rings. The summed E-state index contributed by atoms with van der Waals surface area (Å²) in [5.41, 5.74) is 6.18. The highest BCUT2D eigenvalue weighted by Crippen LogP contribution is 2.08. The fourth-order valence-corrected chi connectivity index (χ4v) is 1.98. The largest absolute Gasteiger partial charge is 0.369 e. The molecule has 0 radical (unpaired) electrons. The first-order valence-corrected chi connectivity index (χ1v) is 6.15. The predicted molar refractivity (Wildman–Crippen MR) is 70.9 cm³/mol. The Morgan fingerprint density at radius 1 is 1.39 bits per heavy atom. The molecule has 1 amide bonds. The smallest absolute Gasteiger partial charge is 0.221 e. The molecule has 1 saturated heterocycles. The number of primary amides is 1. The number of benzene rings is 1. The Morgan fingerprint density at radius 3 is 2.83 bits per heavy atom. The van der Waals surface area contributed by atoms with E-state index in [2.05, 4.69) is 15.5 Å². The van der Waals surface area contributed by atoms with Crippen molar-refractivity contribution in [3.05, 3.63) is 30.5 Å². The maximum Gasteiger partial charge on any atom is 0.221 e. The van der Waals surface area contributed by atoms with E-state index in [-0.39, 0.29) is 11.8 Å². The molecule has 5 nitrogen and oxygen atoms in total. The van der Waals surface area contributed by atoms with E-state index in [0.717, 1.165) is 36.8 Å². The standard InChI is InChI=1S/C7H6N2.C6H12N2O/c1-2-4-7-6(3-1)5-8-9-7;7-6(9)5-2-1-3-8-4-5/h1-5H,(H,8,9);5,8H,1-4H2,(H2,7,9). The second-order valence-electron chi connectivity index (χ2n) is 4.40. The van der Waals surface area contributed by atoms with Crippen molar-refractivity contribution in [2.45, 2.75) is 12.8 Å². The van der Waals surface area contributed by atoms with Gasteiger partial charge in [0.05, 0.1) is 17.6 Å². The summed E-state index contributed by atoms with van der Waals surface area (Å²) in [5.74, 6) is -0.0825. The minimum atomic E-state index is -0.165. The molecule has 2 aromatic rings. The third-order valence-electron chi connectivity index (χ3n) is 3.05. The van der Waals surface area contributed by atoms with Crippen molar-refractivity contribution in [3.8, 4) is 0 Å². The summed E-state index contributed by atoms with van der Waals surface area (Å²) in [5, 5.41) is 11.0. The van der Waals surface area contributed by atoms with Gasteiger partial charge in [-0.25, -0.2) is 0 Å². The van der Waals surface area contributed by atoms with E-state index in [1.807, 2.05) is 30.5 Å². The molecule has 96 valence electrons. The first-order valence-electron chi connectivity index (χ1n) is 6.15. The SMILES string of the molecule is NC(=O)C1CCCNC1.c1ccc2[nH]ncc2c1. The lowest BCUT2D eigenvalue weighted by atomic mass is 9.99. The van der Waals surface area contributed by atoms with Crippen LogP contribution < -0.4 is 11.1 Å². The van der Waals surface area contributed by atoms with E-state index < -0.39 is 0 Å². The number of piperidine rings is 1. The number of hydrogen-bond acceptors (Lipinski definition) is 3. The molecule has 1 aliphatic heterocycles. The number of carbonyl (C=O) groups excluding carboxylic acids is 1. The lowest BCUT2D eigenvalue weighted by Gasteiger charge is -2.18. The molecular weight excluding hydrogens is 228 g/mol. The van der Waals surface area contributed by atoms with Gasteiger partial charge in [0.15, 0.2) is 0 Å². The highest BCUT2D eigenvalue weighted by molar-refractivity contribution is 5.77. The van der Waals surface area contributed by atoms with Crippen LogP contribution in [0.15, 0.2) is 30.5 Å². The van der Waals surface area contributed by atoms with Crippen LogP contribution in [0.1, 0.15) is 12.8 Å². The molecule has 4 N–H and O–H groups in total. The first kappa shape index (κ1) is 12.6. The van der Waals surface area contributed by atoms with Crippen molar-refractivity contribution in [2.24, 2.45) is 11.7 Å². The Kier molecular flexibility index (Phi) is 4.30. The average Bonchev–Trinajstić information content (AvgIpc) is 2.89. The van der Waals surface area contributed by atoms with Crippen LogP contribution in [0.4, 0.5) is 0 Å². The minimum Gasteiger partial charge on any atom is -0.369 e. The molecule has 1 atom stereocenters. The number of amides is 1. The summed E-state index contributed by atoms with van der Waals surface area (Å²) in [6, 6.07) is 8.01. The summed E-state index contributed by atoms with van der Waals surface area (Å²) in [6.07, 6.45) is 3.85. The van der Waals surface area contributed by atoms with Crippen LogP contribution in [0.2, 0.25) is 0 Å². The Morgan fingerprint density at radius 2 is 2.22 bits per heavy atom. The van der Waals surface area contributed by atoms with E-state index in [1.165, 1.54) is 0 Å². The molecule has 5 heteroatoms. The van der Waals surface area contributed by atoms with Gasteiger partial charge in [-0.1, -0.05) is 18.2 Å². The van der Waals surface area contributed by atoms with Crippen LogP contribution in [0.25, 0.3) is 10.9 Å². The molecule has 0 spiro atoms. The quantitative estimate of drug-likeness (QED) is 0.702. The summed E-state index contributed by atoms with van der Waals surface area (Å²) in [6.45, 7) is 1.80. The molecule has 0 aliphatic carbocycles. The number of para-hydroxylation sites is 1. The van der Waals surface area contributed by atoms with Crippen LogP contribution in [-0.2, 0) is 4.79 Å². The van der Waals surface area contributed by atoms with Gasteiger partial charge in [0.25, 0.3) is 0 Å². The average molecular weight is 246 g/mol. The third kappa shape index (κ3) is 3.30. The predicted octanol–water partition coefficient (Wildman–Crippen LogP) is 1.03. The molecular formula is C13H18N4O. The third-order valence-corrected chi connectivity index (χ3v) is 3.05. The van der Waals surface area contributed by atoms with E-state index in [1.54, 1.807) is 0 Å². The van der Waals surface area contributed by atoms with Gasteiger partial charge in [-0.2, -0.15) is 5.10 Å². The van der Waals surface area contributed by atoms with E-state index >= 15 is 0 Å². The highest BCUT2D eigenvalue weighted by Gasteiger charge is 2.17. The number of nitrogens with one attached hydrogen (secondary N) is 2. The Hall–Kier alpha value is -1.88. The molecule has 18 heavy (non-hydrogen) atoms. The number of H-pyrrole nitrogens is 1. The van der Waals surface area contributed by atoms with Crippen LogP contribution in [0.5, 0.6) is 0 Å². The van der Waals surface area contributed by atoms with E-state index in [0.29, 0.717) is 0 Å². The number of aromatic nitrogens is 2. The monoisotopic (exact) mass is 246 g/mol. The molecule has 0 saturated carbocycles. The number of rotatable bonds is 1. The Balaban J connectivity index is 0.000000134. The molecule has 2 heterocycles. The topological polar surface area (TPSA) is 83.8 Å². The van der Waals surface area contributed by atoms with Gasteiger partial charge in [-0.3, -0.25) is 9.89 Å². The Bertz CT molecular complexity index is 472. The molecule has 3 rings (SSSR count). The van der Waals surface area contributed by atoms with E-state index in [9.17, 15) is 4.79 Å². The number of fused-ring (bicyclic) bond motifs is 1. The zero-order valence-electron chi connectivity index (χ0n) is 10.2. The summed E-state index contributed by atoms with van der Waals surface area (Å²) >= 11 is 0. The fraction of sp³-hybridized carbons (Fsp3) is 0.385. The number of carbonyl (C=O) groups is 1. The van der Waals surface area contributed by atoms with Gasteiger partial charge < -0.3 is 11.1 Å². The molecule has 1 aromatic heterocycles. The maximum absolute atomic E-state index is 10.5. The summed E-state index contributed by atoms with van der Waals surface area (Å²) in [4.78, 5) is 10.5. The second-order valence-corrected chi connectivity index (χ2v) is 4.40. The van der Waals surface area contributed by atoms with Gasteiger partial charge in [-0.15, -0.1) is 0 Å². The van der Waals surface area contributed by atoms with Crippen molar-refractivity contribution >= 4 is 16.8 Å². The van der Waals surface area contributed by atoms with Gasteiger partial charge in [-0.05, 0) is 25.5 Å². The lowest BCUT2D eigenvalue weighted by Crippen LogP contribution is -2.37. The van der Waals surface area contributed by atoms with Gasteiger partial charge >= 0.3 is 0 Å². The van der Waals surface area contributed by atoms with Crippen molar-refractivity contribution < 1.29 is 4.79 Å². The van der Waals surface area contributed by atoms with Crippen LogP contribution in [-0.4, -0.2) is 29.2 Å². The summed E-state index contributed by atoms with van der Waals surface area (Å²) < 4.78 is 0. The molecule has 1 unspecified atom stereocenters. The number of nitrogens with zero attached hydrogens (tertiary/aromatic N) is 1. The molecule has 0 bridgehead atoms. The fourth-order valence-electron chi connectivity index (χ4n) is 1.98. The minimum absolute atomic E-state index is 0.0822. The van der Waals surface area contributed by atoms with Crippen molar-refractivity contribution in [3.63, 3.8) is 0 Å². The number of nitrogens with two attached hydrogens (primary N) is 1. The van der Waals surface area contributed by atoms with Crippen LogP contribution >= 0.6 is 0 Å². The zero-order chi connectivity index (χ0) is 12.8. The van der Waals surface area contributed by atoms with Crippen molar-refractivity contribution in [1.82, 2.24) is 15.5 Å². The van der Waals surface area contributed by atoms with Crippen molar-refractivity contribution in [1.29, 1.82) is 0 Å². The summed E-state index contributed by atoms with van der Waals surface area (Å²) in [7, 11) is 0. The zero-order valence-corrected chi connectivity index (χ0v) is 10.2. The van der Waals surface area contributed by atoms with Gasteiger partial charge in [0.1, 0.15) is 0 Å². The first-order chi connectivity index (χ1) is 8.77. The number of aromatic amines is 1. The molecule has 1 aliphatic rings. The van der Waals surface area contributed by atoms with Crippen molar-refractivity contribution in [2.75, 3.05) is 13.1 Å². The number of hydrogen-bond donors (Lipinski definition) is 3. The highest BCUT2D eigenvalue weighted by atomic mass is 16.1.